The van der Waals surface area contributed by atoms with Gasteiger partial charge in [-0.15, -0.1) is 0 Å². The van der Waals surface area contributed by atoms with Gasteiger partial charge in [-0.3, -0.25) is 4.79 Å². The van der Waals surface area contributed by atoms with Crippen molar-refractivity contribution in [3.05, 3.63) is 53.6 Å². The van der Waals surface area contributed by atoms with Crippen LogP contribution in [-0.4, -0.2) is 26.9 Å². The van der Waals surface area contributed by atoms with Gasteiger partial charge < -0.3 is 24.3 Å². The monoisotopic (exact) mass is 369 g/mol. The number of rotatable bonds is 7. The predicted octanol–water partition coefficient (Wildman–Crippen LogP) is 3.71. The van der Waals surface area contributed by atoms with Crippen molar-refractivity contribution in [1.29, 1.82) is 0 Å². The lowest BCUT2D eigenvalue weighted by Crippen LogP contribution is -2.26. The van der Waals surface area contributed by atoms with Crippen LogP contribution < -0.4 is 24.3 Å². The number of hydrogen-bond acceptors (Lipinski definition) is 5. The summed E-state index contributed by atoms with van der Waals surface area (Å²) in [5.74, 6) is 2.53. The normalized spacial score (nSPS) is 13.4. The van der Waals surface area contributed by atoms with Gasteiger partial charge in [-0.25, -0.2) is 0 Å². The lowest BCUT2D eigenvalue weighted by molar-refractivity contribution is -0.117. The molecule has 3 rings (SSSR count). The van der Waals surface area contributed by atoms with E-state index in [1.165, 1.54) is 6.08 Å². The van der Waals surface area contributed by atoms with Crippen LogP contribution in [0, 0.1) is 0 Å². The molecule has 0 bridgehead atoms. The van der Waals surface area contributed by atoms with Crippen molar-refractivity contribution in [3.8, 4) is 23.0 Å². The molecule has 0 fully saturated rings. The number of methoxy groups -OCH3 is 2. The molecule has 6 nitrogen and oxygen atoms in total. The molecule has 0 spiro atoms. The van der Waals surface area contributed by atoms with E-state index in [2.05, 4.69) is 5.32 Å². The number of ether oxygens (including phenoxy) is 4. The fourth-order valence-electron chi connectivity index (χ4n) is 2.90. The quantitative estimate of drug-likeness (QED) is 0.754. The standard InChI is InChI=1S/C21H23NO5/c1-4-16(15-7-9-17(24-2)19(12-15)25-3)22-21(23)10-6-14-5-8-18-20(11-14)27-13-26-18/h5-12,16H,4,13H2,1-3H3,(H,22,23)/b10-6+. The summed E-state index contributed by atoms with van der Waals surface area (Å²) in [5.41, 5.74) is 1.83. The topological polar surface area (TPSA) is 66.0 Å². The largest absolute Gasteiger partial charge is 0.493 e. The minimum absolute atomic E-state index is 0.126. The number of carbonyl (C=O) groups excluding carboxylic acids is 1. The van der Waals surface area contributed by atoms with Crippen molar-refractivity contribution < 1.29 is 23.7 Å². The van der Waals surface area contributed by atoms with E-state index in [9.17, 15) is 4.79 Å². The summed E-state index contributed by atoms with van der Waals surface area (Å²) in [6, 6.07) is 11.1. The van der Waals surface area contributed by atoms with Crippen LogP contribution in [0.2, 0.25) is 0 Å². The van der Waals surface area contributed by atoms with E-state index in [0.29, 0.717) is 17.2 Å². The highest BCUT2D eigenvalue weighted by Gasteiger charge is 2.15. The number of fused-ring (bicyclic) bond motifs is 1. The summed E-state index contributed by atoms with van der Waals surface area (Å²) in [6.45, 7) is 2.25. The summed E-state index contributed by atoms with van der Waals surface area (Å²) < 4.78 is 21.2. The smallest absolute Gasteiger partial charge is 0.244 e. The molecule has 1 unspecified atom stereocenters. The Hall–Kier alpha value is -3.15. The number of carbonyl (C=O) groups is 1. The van der Waals surface area contributed by atoms with E-state index in [4.69, 9.17) is 18.9 Å². The molecule has 1 heterocycles. The maximum atomic E-state index is 12.4. The molecule has 142 valence electrons. The van der Waals surface area contributed by atoms with Gasteiger partial charge in [-0.2, -0.15) is 0 Å². The average Bonchev–Trinajstić information content (AvgIpc) is 3.17. The van der Waals surface area contributed by atoms with Crippen molar-refractivity contribution in [2.75, 3.05) is 21.0 Å². The van der Waals surface area contributed by atoms with Crippen LogP contribution >= 0.6 is 0 Å². The number of benzene rings is 2. The Labute approximate surface area is 158 Å². The third-order valence-corrected chi connectivity index (χ3v) is 4.36. The first-order valence-corrected chi connectivity index (χ1v) is 8.74. The molecular formula is C21H23NO5. The number of nitrogens with one attached hydrogen (secondary N) is 1. The van der Waals surface area contributed by atoms with Gasteiger partial charge in [-0.1, -0.05) is 19.1 Å². The first-order valence-electron chi connectivity index (χ1n) is 8.74. The molecule has 27 heavy (non-hydrogen) atoms. The van der Waals surface area contributed by atoms with Gasteiger partial charge in [0.1, 0.15) is 0 Å². The Kier molecular flexibility index (Phi) is 5.86. The van der Waals surface area contributed by atoms with Crippen molar-refractivity contribution in [1.82, 2.24) is 5.32 Å². The van der Waals surface area contributed by atoms with Gasteiger partial charge in [0.15, 0.2) is 23.0 Å². The Balaban J connectivity index is 1.68. The molecule has 0 saturated carbocycles. The summed E-state index contributed by atoms with van der Waals surface area (Å²) in [6.07, 6.45) is 4.01. The highest BCUT2D eigenvalue weighted by Crippen LogP contribution is 2.33. The summed E-state index contributed by atoms with van der Waals surface area (Å²) in [4.78, 5) is 12.4. The van der Waals surface area contributed by atoms with E-state index in [-0.39, 0.29) is 18.7 Å². The van der Waals surface area contributed by atoms with E-state index in [0.717, 1.165) is 23.3 Å². The van der Waals surface area contributed by atoms with E-state index >= 15 is 0 Å². The van der Waals surface area contributed by atoms with Crippen molar-refractivity contribution >= 4 is 12.0 Å². The molecule has 2 aromatic rings. The zero-order valence-electron chi connectivity index (χ0n) is 15.7. The lowest BCUT2D eigenvalue weighted by Gasteiger charge is -2.18. The second-order valence-electron chi connectivity index (χ2n) is 6.03. The Morgan fingerprint density at radius 1 is 1.11 bits per heavy atom. The molecule has 1 amide bonds. The summed E-state index contributed by atoms with van der Waals surface area (Å²) in [7, 11) is 3.19. The molecule has 1 aliphatic heterocycles. The molecule has 2 aromatic carbocycles. The zero-order chi connectivity index (χ0) is 19.2. The molecule has 1 aliphatic rings. The molecule has 1 N–H and O–H groups in total. The Morgan fingerprint density at radius 2 is 1.89 bits per heavy atom. The highest BCUT2D eigenvalue weighted by molar-refractivity contribution is 5.92. The molecule has 0 saturated heterocycles. The van der Waals surface area contributed by atoms with Gasteiger partial charge in [0.25, 0.3) is 0 Å². The minimum Gasteiger partial charge on any atom is -0.493 e. The van der Waals surface area contributed by atoms with Crippen molar-refractivity contribution in [3.63, 3.8) is 0 Å². The van der Waals surface area contributed by atoms with Crippen LogP contribution in [0.15, 0.2) is 42.5 Å². The Morgan fingerprint density at radius 3 is 2.63 bits per heavy atom. The molecular weight excluding hydrogens is 346 g/mol. The molecule has 1 atom stereocenters. The predicted molar refractivity (Wildman–Crippen MR) is 102 cm³/mol. The fraction of sp³-hybridized carbons (Fsp3) is 0.286. The molecule has 0 aromatic heterocycles. The second-order valence-corrected chi connectivity index (χ2v) is 6.03. The lowest BCUT2D eigenvalue weighted by atomic mass is 10.0. The van der Waals surface area contributed by atoms with Gasteiger partial charge in [0, 0.05) is 6.08 Å². The third-order valence-electron chi connectivity index (χ3n) is 4.36. The van der Waals surface area contributed by atoms with Gasteiger partial charge in [0.2, 0.25) is 12.7 Å². The third kappa shape index (κ3) is 4.34. The van der Waals surface area contributed by atoms with Gasteiger partial charge in [-0.05, 0) is 47.9 Å². The first kappa shape index (κ1) is 18.6. The highest BCUT2D eigenvalue weighted by atomic mass is 16.7. The summed E-state index contributed by atoms with van der Waals surface area (Å²) >= 11 is 0. The maximum Gasteiger partial charge on any atom is 0.244 e. The Bertz CT molecular complexity index is 846. The summed E-state index contributed by atoms with van der Waals surface area (Å²) in [5, 5.41) is 3.02. The SMILES string of the molecule is CCC(NC(=O)/C=C/c1ccc2c(c1)OCO2)c1ccc(OC)c(OC)c1. The van der Waals surface area contributed by atoms with Crippen LogP contribution in [0.3, 0.4) is 0 Å². The first-order chi connectivity index (χ1) is 13.1. The second kappa shape index (κ2) is 8.49. The number of amides is 1. The maximum absolute atomic E-state index is 12.4. The van der Waals surface area contributed by atoms with Crippen LogP contribution in [0.4, 0.5) is 0 Å². The van der Waals surface area contributed by atoms with Gasteiger partial charge >= 0.3 is 0 Å². The van der Waals surface area contributed by atoms with Crippen LogP contribution in [-0.2, 0) is 4.79 Å². The molecule has 6 heteroatoms. The van der Waals surface area contributed by atoms with Crippen LogP contribution in [0.1, 0.15) is 30.5 Å². The molecule has 0 radical (unpaired) electrons. The van der Waals surface area contributed by atoms with E-state index in [1.54, 1.807) is 20.3 Å². The van der Waals surface area contributed by atoms with Crippen molar-refractivity contribution in [2.45, 2.75) is 19.4 Å². The van der Waals surface area contributed by atoms with E-state index < -0.39 is 0 Å². The van der Waals surface area contributed by atoms with Crippen LogP contribution in [0.5, 0.6) is 23.0 Å². The van der Waals surface area contributed by atoms with Crippen LogP contribution in [0.25, 0.3) is 6.08 Å². The van der Waals surface area contributed by atoms with Gasteiger partial charge in [0.05, 0.1) is 20.3 Å². The number of hydrogen-bond donors (Lipinski definition) is 1. The molecule has 0 aliphatic carbocycles. The fourth-order valence-corrected chi connectivity index (χ4v) is 2.90. The van der Waals surface area contributed by atoms with E-state index in [1.807, 2.05) is 43.3 Å². The average molecular weight is 369 g/mol. The van der Waals surface area contributed by atoms with Crippen molar-refractivity contribution in [2.24, 2.45) is 0 Å². The minimum atomic E-state index is -0.172. The zero-order valence-corrected chi connectivity index (χ0v) is 15.7.